The molecular weight excluding hydrogens is 316 g/mol. The molecular formula is C19H20N4O2. The molecule has 0 atom stereocenters. The van der Waals surface area contributed by atoms with E-state index in [1.54, 1.807) is 7.11 Å². The number of ether oxygens (including phenoxy) is 1. The third kappa shape index (κ3) is 2.80. The Hall–Kier alpha value is -3.02. The Labute approximate surface area is 145 Å². The molecule has 1 amide bonds. The van der Waals surface area contributed by atoms with Crippen molar-refractivity contribution in [2.75, 3.05) is 17.7 Å². The van der Waals surface area contributed by atoms with Gasteiger partial charge in [-0.05, 0) is 42.0 Å². The number of H-pyrrole nitrogens is 1. The highest BCUT2D eigenvalue weighted by Crippen LogP contribution is 2.39. The standard InChI is InChI=1S/C19H20N4O2/c1-19(2)10-17(24)21-14-9-16-15(8-13(14)19)22-18(23-16)20-11-4-6-12(25-3)7-5-11/h4-9H,10H2,1-3H3,(H,21,24)(H2,20,22,23). The third-order valence-corrected chi connectivity index (χ3v) is 4.58. The topological polar surface area (TPSA) is 79.0 Å². The van der Waals surface area contributed by atoms with Crippen LogP contribution in [0.3, 0.4) is 0 Å². The Kier molecular flexibility index (Phi) is 3.42. The highest BCUT2D eigenvalue weighted by atomic mass is 16.5. The zero-order chi connectivity index (χ0) is 17.6. The molecule has 0 fully saturated rings. The van der Waals surface area contributed by atoms with E-state index in [4.69, 9.17) is 4.74 Å². The molecule has 4 rings (SSSR count). The lowest BCUT2D eigenvalue weighted by Crippen LogP contribution is -2.32. The molecule has 0 saturated carbocycles. The summed E-state index contributed by atoms with van der Waals surface area (Å²) in [6, 6.07) is 11.7. The van der Waals surface area contributed by atoms with E-state index in [-0.39, 0.29) is 11.3 Å². The summed E-state index contributed by atoms with van der Waals surface area (Å²) in [5.41, 5.74) is 4.45. The summed E-state index contributed by atoms with van der Waals surface area (Å²) in [7, 11) is 1.64. The maximum atomic E-state index is 11.9. The van der Waals surface area contributed by atoms with Crippen molar-refractivity contribution in [1.82, 2.24) is 9.97 Å². The maximum Gasteiger partial charge on any atom is 0.225 e. The van der Waals surface area contributed by atoms with E-state index in [9.17, 15) is 4.79 Å². The fourth-order valence-electron chi connectivity index (χ4n) is 3.28. The van der Waals surface area contributed by atoms with Gasteiger partial charge in [-0.15, -0.1) is 0 Å². The number of nitrogens with zero attached hydrogens (tertiary/aromatic N) is 1. The van der Waals surface area contributed by atoms with Gasteiger partial charge in [0.1, 0.15) is 5.75 Å². The average molecular weight is 336 g/mol. The van der Waals surface area contributed by atoms with Crippen molar-refractivity contribution in [3.63, 3.8) is 0 Å². The fraction of sp³-hybridized carbons (Fsp3) is 0.263. The van der Waals surface area contributed by atoms with Crippen molar-refractivity contribution >= 4 is 34.3 Å². The quantitative estimate of drug-likeness (QED) is 0.677. The summed E-state index contributed by atoms with van der Waals surface area (Å²) in [5, 5.41) is 6.21. The van der Waals surface area contributed by atoms with Crippen molar-refractivity contribution in [3.8, 4) is 5.75 Å². The molecule has 3 aromatic rings. The molecule has 1 aliphatic rings. The van der Waals surface area contributed by atoms with Crippen LogP contribution in [0.2, 0.25) is 0 Å². The molecule has 3 N–H and O–H groups in total. The summed E-state index contributed by atoms with van der Waals surface area (Å²) in [5.74, 6) is 1.51. The number of anilines is 3. The molecule has 25 heavy (non-hydrogen) atoms. The Morgan fingerprint density at radius 3 is 2.68 bits per heavy atom. The van der Waals surface area contributed by atoms with Crippen LogP contribution in [0.1, 0.15) is 25.8 Å². The lowest BCUT2D eigenvalue weighted by molar-refractivity contribution is -0.117. The molecule has 128 valence electrons. The number of amides is 1. The second-order valence-electron chi connectivity index (χ2n) is 6.96. The minimum atomic E-state index is -0.194. The van der Waals surface area contributed by atoms with Crippen LogP contribution < -0.4 is 15.4 Å². The molecule has 0 saturated heterocycles. The number of nitrogens with one attached hydrogen (secondary N) is 3. The van der Waals surface area contributed by atoms with E-state index in [2.05, 4.69) is 40.5 Å². The number of hydrogen-bond acceptors (Lipinski definition) is 4. The molecule has 6 nitrogen and oxygen atoms in total. The molecule has 2 aromatic carbocycles. The van der Waals surface area contributed by atoms with E-state index in [0.29, 0.717) is 12.4 Å². The molecule has 0 radical (unpaired) electrons. The van der Waals surface area contributed by atoms with Gasteiger partial charge in [-0.25, -0.2) is 4.98 Å². The Morgan fingerprint density at radius 2 is 1.96 bits per heavy atom. The number of fused-ring (bicyclic) bond motifs is 2. The highest BCUT2D eigenvalue weighted by molar-refractivity contribution is 5.98. The van der Waals surface area contributed by atoms with Crippen molar-refractivity contribution in [2.24, 2.45) is 0 Å². The van der Waals surface area contributed by atoms with Crippen LogP contribution in [-0.4, -0.2) is 23.0 Å². The molecule has 2 heterocycles. The van der Waals surface area contributed by atoms with Crippen molar-refractivity contribution in [2.45, 2.75) is 25.7 Å². The van der Waals surface area contributed by atoms with E-state index in [0.717, 1.165) is 33.7 Å². The van der Waals surface area contributed by atoms with E-state index < -0.39 is 0 Å². The lowest BCUT2D eigenvalue weighted by Gasteiger charge is -2.31. The van der Waals surface area contributed by atoms with Crippen molar-refractivity contribution < 1.29 is 9.53 Å². The number of aromatic amines is 1. The number of carbonyl (C=O) groups is 1. The minimum absolute atomic E-state index is 0.0453. The smallest absolute Gasteiger partial charge is 0.225 e. The van der Waals surface area contributed by atoms with Gasteiger partial charge in [0.05, 0.1) is 18.1 Å². The van der Waals surface area contributed by atoms with Gasteiger partial charge in [0.25, 0.3) is 0 Å². The Bertz CT molecular complexity index is 957. The first-order chi connectivity index (χ1) is 11.9. The number of carbonyl (C=O) groups excluding carboxylic acids is 1. The fourth-order valence-corrected chi connectivity index (χ4v) is 3.28. The molecule has 0 spiro atoms. The zero-order valence-electron chi connectivity index (χ0n) is 14.4. The molecule has 0 unspecified atom stereocenters. The van der Waals surface area contributed by atoms with Gasteiger partial charge in [0.2, 0.25) is 11.9 Å². The maximum absolute atomic E-state index is 11.9. The number of methoxy groups -OCH3 is 1. The van der Waals surface area contributed by atoms with Crippen LogP contribution in [0.15, 0.2) is 36.4 Å². The monoisotopic (exact) mass is 336 g/mol. The Balaban J connectivity index is 1.69. The van der Waals surface area contributed by atoms with Gasteiger partial charge in [-0.2, -0.15) is 0 Å². The van der Waals surface area contributed by atoms with Gasteiger partial charge >= 0.3 is 0 Å². The normalized spacial score (nSPS) is 15.6. The summed E-state index contributed by atoms with van der Waals surface area (Å²) in [6.45, 7) is 4.17. The molecule has 0 aliphatic carbocycles. The molecule has 1 aliphatic heterocycles. The first kappa shape index (κ1) is 15.5. The Morgan fingerprint density at radius 1 is 1.20 bits per heavy atom. The van der Waals surface area contributed by atoms with Crippen LogP contribution in [0.25, 0.3) is 11.0 Å². The summed E-state index contributed by atoms with van der Waals surface area (Å²) < 4.78 is 5.17. The second kappa shape index (κ2) is 5.51. The van der Waals surface area contributed by atoms with E-state index in [1.807, 2.05) is 30.3 Å². The van der Waals surface area contributed by atoms with Gasteiger partial charge < -0.3 is 20.4 Å². The van der Waals surface area contributed by atoms with Crippen LogP contribution >= 0.6 is 0 Å². The van der Waals surface area contributed by atoms with E-state index in [1.165, 1.54) is 0 Å². The van der Waals surface area contributed by atoms with Gasteiger partial charge in [0.15, 0.2) is 0 Å². The summed E-state index contributed by atoms with van der Waals surface area (Å²) in [4.78, 5) is 19.8. The highest BCUT2D eigenvalue weighted by Gasteiger charge is 2.32. The number of benzene rings is 2. The summed E-state index contributed by atoms with van der Waals surface area (Å²) in [6.07, 6.45) is 0.483. The van der Waals surface area contributed by atoms with Crippen molar-refractivity contribution in [3.05, 3.63) is 42.0 Å². The predicted molar refractivity (Wildman–Crippen MR) is 98.6 cm³/mol. The van der Waals surface area contributed by atoms with Crippen LogP contribution in [0, 0.1) is 0 Å². The van der Waals surface area contributed by atoms with Crippen LogP contribution in [-0.2, 0) is 10.2 Å². The molecule has 1 aromatic heterocycles. The van der Waals surface area contributed by atoms with E-state index >= 15 is 0 Å². The first-order valence-electron chi connectivity index (χ1n) is 8.20. The van der Waals surface area contributed by atoms with Crippen molar-refractivity contribution in [1.29, 1.82) is 0 Å². The van der Waals surface area contributed by atoms with Gasteiger partial charge in [0, 0.05) is 23.2 Å². The number of rotatable bonds is 3. The third-order valence-electron chi connectivity index (χ3n) is 4.58. The first-order valence-corrected chi connectivity index (χ1v) is 8.20. The van der Waals surface area contributed by atoms with Gasteiger partial charge in [-0.1, -0.05) is 13.8 Å². The molecule has 6 heteroatoms. The number of hydrogen-bond donors (Lipinski definition) is 3. The minimum Gasteiger partial charge on any atom is -0.497 e. The lowest BCUT2D eigenvalue weighted by atomic mass is 9.78. The van der Waals surface area contributed by atoms with Crippen LogP contribution in [0.5, 0.6) is 5.75 Å². The van der Waals surface area contributed by atoms with Crippen LogP contribution in [0.4, 0.5) is 17.3 Å². The SMILES string of the molecule is COc1ccc(Nc2nc3cc4c(cc3[nH]2)C(C)(C)CC(=O)N4)cc1. The zero-order valence-corrected chi connectivity index (χ0v) is 14.4. The summed E-state index contributed by atoms with van der Waals surface area (Å²) >= 11 is 0. The average Bonchev–Trinajstić information content (AvgIpc) is 2.94. The second-order valence-corrected chi connectivity index (χ2v) is 6.96. The largest absolute Gasteiger partial charge is 0.497 e. The number of imidazole rings is 1. The predicted octanol–water partition coefficient (Wildman–Crippen LogP) is 3.93. The van der Waals surface area contributed by atoms with Gasteiger partial charge in [-0.3, -0.25) is 4.79 Å². The molecule has 0 bridgehead atoms. The number of aromatic nitrogens is 2.